The van der Waals surface area contributed by atoms with Crippen molar-refractivity contribution in [3.8, 4) is 0 Å². The Kier molecular flexibility index (Phi) is 3.57. The number of nitrogens with one attached hydrogen (secondary N) is 1. The molecular formula is C14H20N2S. The zero-order valence-corrected chi connectivity index (χ0v) is 11.1. The van der Waals surface area contributed by atoms with Gasteiger partial charge in [-0.25, -0.2) is 0 Å². The second-order valence-electron chi connectivity index (χ2n) is 4.91. The average molecular weight is 248 g/mol. The lowest BCUT2D eigenvalue weighted by Crippen LogP contribution is -2.25. The van der Waals surface area contributed by atoms with E-state index in [2.05, 4.69) is 40.2 Å². The predicted molar refractivity (Wildman–Crippen MR) is 75.9 cm³/mol. The van der Waals surface area contributed by atoms with Gasteiger partial charge in [-0.1, -0.05) is 12.1 Å². The molecule has 3 heteroatoms. The molecule has 0 spiro atoms. The second-order valence-corrected chi connectivity index (χ2v) is 6.14. The molecule has 1 N–H and O–H groups in total. The summed E-state index contributed by atoms with van der Waals surface area (Å²) in [6.07, 6.45) is 2.54. The van der Waals surface area contributed by atoms with Gasteiger partial charge in [0.2, 0.25) is 0 Å². The SMILES string of the molecule is c1cc2c(cc1CN1CCCSCC1)CCN2. The van der Waals surface area contributed by atoms with E-state index in [4.69, 9.17) is 0 Å². The summed E-state index contributed by atoms with van der Waals surface area (Å²) < 4.78 is 0. The Balaban J connectivity index is 1.67. The Morgan fingerprint density at radius 2 is 2.24 bits per heavy atom. The van der Waals surface area contributed by atoms with Crippen LogP contribution in [0.1, 0.15) is 17.5 Å². The maximum absolute atomic E-state index is 3.42. The van der Waals surface area contributed by atoms with E-state index in [0.29, 0.717) is 0 Å². The van der Waals surface area contributed by atoms with E-state index in [1.54, 1.807) is 0 Å². The molecule has 2 aliphatic rings. The fourth-order valence-corrected chi connectivity index (χ4v) is 3.60. The molecule has 1 fully saturated rings. The molecule has 2 nitrogen and oxygen atoms in total. The van der Waals surface area contributed by atoms with Crippen LogP contribution in [0.3, 0.4) is 0 Å². The largest absolute Gasteiger partial charge is 0.384 e. The third kappa shape index (κ3) is 2.78. The Labute approximate surface area is 108 Å². The smallest absolute Gasteiger partial charge is 0.0373 e. The van der Waals surface area contributed by atoms with Gasteiger partial charge < -0.3 is 5.32 Å². The van der Waals surface area contributed by atoms with Gasteiger partial charge in [0.25, 0.3) is 0 Å². The van der Waals surface area contributed by atoms with Crippen LogP contribution >= 0.6 is 11.8 Å². The van der Waals surface area contributed by atoms with Crippen LogP contribution in [0.4, 0.5) is 5.69 Å². The summed E-state index contributed by atoms with van der Waals surface area (Å²) in [6, 6.07) is 6.94. The van der Waals surface area contributed by atoms with Crippen LogP contribution in [0.25, 0.3) is 0 Å². The van der Waals surface area contributed by atoms with Crippen molar-refractivity contribution in [2.24, 2.45) is 0 Å². The van der Waals surface area contributed by atoms with Gasteiger partial charge in [0.15, 0.2) is 0 Å². The van der Waals surface area contributed by atoms with E-state index in [1.165, 1.54) is 54.3 Å². The first-order chi connectivity index (χ1) is 8.42. The van der Waals surface area contributed by atoms with Crippen molar-refractivity contribution < 1.29 is 0 Å². The quantitative estimate of drug-likeness (QED) is 0.866. The average Bonchev–Trinajstić information content (AvgIpc) is 2.65. The van der Waals surface area contributed by atoms with Crippen molar-refractivity contribution in [1.29, 1.82) is 0 Å². The Morgan fingerprint density at radius 3 is 3.24 bits per heavy atom. The fourth-order valence-electron chi connectivity index (χ4n) is 2.67. The molecule has 0 radical (unpaired) electrons. The first-order valence-electron chi connectivity index (χ1n) is 6.57. The summed E-state index contributed by atoms with van der Waals surface area (Å²) >= 11 is 2.10. The van der Waals surface area contributed by atoms with Crippen LogP contribution in [-0.2, 0) is 13.0 Å². The standard InChI is InChI=1S/C14H20N2S/c1-6-16(7-9-17-8-1)11-12-2-3-14-13(10-12)4-5-15-14/h2-3,10,15H,1,4-9,11H2. The molecule has 2 aliphatic heterocycles. The van der Waals surface area contributed by atoms with Gasteiger partial charge in [-0.2, -0.15) is 11.8 Å². The van der Waals surface area contributed by atoms with Crippen LogP contribution < -0.4 is 5.32 Å². The van der Waals surface area contributed by atoms with E-state index in [1.807, 2.05) is 0 Å². The maximum atomic E-state index is 3.42. The van der Waals surface area contributed by atoms with Gasteiger partial charge in [-0.15, -0.1) is 0 Å². The first-order valence-corrected chi connectivity index (χ1v) is 7.73. The minimum atomic E-state index is 1.11. The van der Waals surface area contributed by atoms with Crippen LogP contribution in [-0.4, -0.2) is 36.0 Å². The summed E-state index contributed by atoms with van der Waals surface area (Å²) in [7, 11) is 0. The molecule has 1 aromatic carbocycles. The van der Waals surface area contributed by atoms with E-state index in [0.717, 1.165) is 13.1 Å². The third-order valence-electron chi connectivity index (χ3n) is 3.60. The molecule has 0 amide bonds. The second kappa shape index (κ2) is 5.32. The van der Waals surface area contributed by atoms with Crippen molar-refractivity contribution in [3.05, 3.63) is 29.3 Å². The van der Waals surface area contributed by atoms with Crippen LogP contribution in [0.2, 0.25) is 0 Å². The fraction of sp³-hybridized carbons (Fsp3) is 0.571. The van der Waals surface area contributed by atoms with E-state index < -0.39 is 0 Å². The van der Waals surface area contributed by atoms with Gasteiger partial charge in [0.1, 0.15) is 0 Å². The molecule has 3 rings (SSSR count). The number of fused-ring (bicyclic) bond motifs is 1. The summed E-state index contributed by atoms with van der Waals surface area (Å²) in [6.45, 7) is 4.76. The van der Waals surface area contributed by atoms with Gasteiger partial charge >= 0.3 is 0 Å². The number of nitrogens with zero attached hydrogens (tertiary/aromatic N) is 1. The van der Waals surface area contributed by atoms with Gasteiger partial charge in [-0.05, 0) is 42.3 Å². The summed E-state index contributed by atoms with van der Waals surface area (Å²) in [5, 5.41) is 3.42. The number of thioether (sulfide) groups is 1. The Bertz CT molecular complexity index is 384. The molecular weight excluding hydrogens is 228 g/mol. The molecule has 0 aliphatic carbocycles. The summed E-state index contributed by atoms with van der Waals surface area (Å²) in [4.78, 5) is 2.60. The summed E-state index contributed by atoms with van der Waals surface area (Å²) in [5.74, 6) is 2.64. The molecule has 92 valence electrons. The highest BCUT2D eigenvalue weighted by Crippen LogP contribution is 2.24. The van der Waals surface area contributed by atoms with Crippen molar-refractivity contribution in [2.45, 2.75) is 19.4 Å². The molecule has 1 saturated heterocycles. The molecule has 0 atom stereocenters. The minimum absolute atomic E-state index is 1.11. The number of hydrogen-bond donors (Lipinski definition) is 1. The van der Waals surface area contributed by atoms with E-state index >= 15 is 0 Å². The van der Waals surface area contributed by atoms with Crippen LogP contribution in [0, 0.1) is 0 Å². The molecule has 2 heterocycles. The predicted octanol–water partition coefficient (Wildman–Crippen LogP) is 2.59. The zero-order valence-electron chi connectivity index (χ0n) is 10.2. The van der Waals surface area contributed by atoms with Gasteiger partial charge in [-0.3, -0.25) is 4.90 Å². The highest BCUT2D eigenvalue weighted by Gasteiger charge is 2.13. The Morgan fingerprint density at radius 1 is 1.24 bits per heavy atom. The molecule has 0 bridgehead atoms. The maximum Gasteiger partial charge on any atom is 0.0373 e. The monoisotopic (exact) mass is 248 g/mol. The number of benzene rings is 1. The highest BCUT2D eigenvalue weighted by atomic mass is 32.2. The molecule has 1 aromatic rings. The lowest BCUT2D eigenvalue weighted by atomic mass is 10.1. The topological polar surface area (TPSA) is 15.3 Å². The lowest BCUT2D eigenvalue weighted by Gasteiger charge is -2.19. The van der Waals surface area contributed by atoms with Crippen molar-refractivity contribution in [2.75, 3.05) is 36.5 Å². The Hall–Kier alpha value is -0.670. The molecule has 0 saturated carbocycles. The first kappa shape index (κ1) is 11.4. The van der Waals surface area contributed by atoms with Gasteiger partial charge in [0.05, 0.1) is 0 Å². The normalized spacial score (nSPS) is 20.7. The van der Waals surface area contributed by atoms with Crippen LogP contribution in [0.5, 0.6) is 0 Å². The molecule has 0 unspecified atom stereocenters. The van der Waals surface area contributed by atoms with E-state index in [-0.39, 0.29) is 0 Å². The number of rotatable bonds is 2. The van der Waals surface area contributed by atoms with Crippen molar-refractivity contribution in [1.82, 2.24) is 4.90 Å². The molecule has 0 aromatic heterocycles. The van der Waals surface area contributed by atoms with Gasteiger partial charge in [0, 0.05) is 31.1 Å². The third-order valence-corrected chi connectivity index (χ3v) is 4.65. The lowest BCUT2D eigenvalue weighted by molar-refractivity contribution is 0.287. The number of hydrogen-bond acceptors (Lipinski definition) is 3. The molecule has 17 heavy (non-hydrogen) atoms. The highest BCUT2D eigenvalue weighted by molar-refractivity contribution is 7.99. The van der Waals surface area contributed by atoms with E-state index in [9.17, 15) is 0 Å². The number of anilines is 1. The zero-order chi connectivity index (χ0) is 11.5. The summed E-state index contributed by atoms with van der Waals surface area (Å²) in [5.41, 5.74) is 4.34. The van der Waals surface area contributed by atoms with Crippen molar-refractivity contribution >= 4 is 17.4 Å². The van der Waals surface area contributed by atoms with Crippen LogP contribution in [0.15, 0.2) is 18.2 Å². The minimum Gasteiger partial charge on any atom is -0.384 e. The van der Waals surface area contributed by atoms with Crippen molar-refractivity contribution in [3.63, 3.8) is 0 Å².